The maximum absolute atomic E-state index is 12.1. The fourth-order valence-corrected chi connectivity index (χ4v) is 2.76. The van der Waals surface area contributed by atoms with Gasteiger partial charge in [0.05, 0.1) is 0 Å². The average Bonchev–Trinajstić information content (AvgIpc) is 2.45. The zero-order chi connectivity index (χ0) is 15.3. The van der Waals surface area contributed by atoms with Crippen molar-refractivity contribution in [1.82, 2.24) is 5.32 Å². The van der Waals surface area contributed by atoms with Gasteiger partial charge in [0, 0.05) is 18.6 Å². The summed E-state index contributed by atoms with van der Waals surface area (Å²) in [5.74, 6) is -0.209. The SMILES string of the molecule is NCC(NC1CCCCC1)c1ccc(OC(F)(F)F)cc1. The average molecular weight is 302 g/mol. The van der Waals surface area contributed by atoms with Crippen molar-refractivity contribution in [2.24, 2.45) is 5.73 Å². The third kappa shape index (κ3) is 5.21. The van der Waals surface area contributed by atoms with Gasteiger partial charge in [-0.2, -0.15) is 0 Å². The quantitative estimate of drug-likeness (QED) is 0.875. The molecule has 1 aliphatic carbocycles. The second-order valence-corrected chi connectivity index (χ2v) is 5.41. The lowest BCUT2D eigenvalue weighted by Gasteiger charge is -2.28. The normalized spacial score (nSPS) is 18.5. The number of alkyl halides is 3. The zero-order valence-electron chi connectivity index (χ0n) is 11.8. The molecular formula is C15H21F3N2O. The molecule has 3 nitrogen and oxygen atoms in total. The minimum atomic E-state index is -4.66. The highest BCUT2D eigenvalue weighted by Gasteiger charge is 2.31. The minimum absolute atomic E-state index is 0.0342. The molecule has 0 aromatic heterocycles. The van der Waals surface area contributed by atoms with Crippen molar-refractivity contribution in [2.75, 3.05) is 6.54 Å². The summed E-state index contributed by atoms with van der Waals surface area (Å²) in [6.07, 6.45) is 1.31. The molecule has 2 rings (SSSR count). The first-order chi connectivity index (χ1) is 9.98. The van der Waals surface area contributed by atoms with Gasteiger partial charge in [-0.05, 0) is 30.5 Å². The van der Waals surface area contributed by atoms with E-state index >= 15 is 0 Å². The standard InChI is InChI=1S/C15H21F3N2O/c16-15(17,18)21-13-8-6-11(7-9-13)14(10-19)20-12-4-2-1-3-5-12/h6-9,12,14,20H,1-5,10,19H2. The molecule has 0 aliphatic heterocycles. The van der Waals surface area contributed by atoms with Gasteiger partial charge in [-0.1, -0.05) is 31.4 Å². The van der Waals surface area contributed by atoms with Crippen molar-refractivity contribution in [3.05, 3.63) is 29.8 Å². The summed E-state index contributed by atoms with van der Waals surface area (Å²) in [4.78, 5) is 0. The second kappa shape index (κ2) is 7.13. The number of hydrogen-bond acceptors (Lipinski definition) is 3. The molecule has 1 aromatic rings. The molecule has 1 atom stereocenters. The lowest BCUT2D eigenvalue weighted by atomic mass is 9.94. The summed E-state index contributed by atoms with van der Waals surface area (Å²) in [5, 5.41) is 3.50. The fraction of sp³-hybridized carbons (Fsp3) is 0.600. The van der Waals surface area contributed by atoms with E-state index in [2.05, 4.69) is 10.1 Å². The van der Waals surface area contributed by atoms with Gasteiger partial charge >= 0.3 is 6.36 Å². The molecule has 1 aromatic carbocycles. The molecule has 6 heteroatoms. The Morgan fingerprint density at radius 1 is 1.14 bits per heavy atom. The summed E-state index contributed by atoms with van der Waals surface area (Å²) in [6.45, 7) is 0.413. The van der Waals surface area contributed by atoms with Crippen LogP contribution < -0.4 is 15.8 Å². The predicted molar refractivity (Wildman–Crippen MR) is 74.9 cm³/mol. The predicted octanol–water partition coefficient (Wildman–Crippen LogP) is 3.51. The lowest BCUT2D eigenvalue weighted by molar-refractivity contribution is -0.274. The number of ether oxygens (including phenoxy) is 1. The number of nitrogens with one attached hydrogen (secondary N) is 1. The van der Waals surface area contributed by atoms with Gasteiger partial charge in [0.2, 0.25) is 0 Å². The second-order valence-electron chi connectivity index (χ2n) is 5.41. The number of benzene rings is 1. The molecular weight excluding hydrogens is 281 g/mol. The van der Waals surface area contributed by atoms with Crippen LogP contribution in [0.2, 0.25) is 0 Å². The first kappa shape index (κ1) is 16.1. The van der Waals surface area contributed by atoms with Gasteiger partial charge in [-0.3, -0.25) is 0 Å². The van der Waals surface area contributed by atoms with Gasteiger partial charge in [0.25, 0.3) is 0 Å². The molecule has 21 heavy (non-hydrogen) atoms. The molecule has 1 fully saturated rings. The van der Waals surface area contributed by atoms with Gasteiger partial charge in [0.1, 0.15) is 5.75 Å². The van der Waals surface area contributed by atoms with Crippen LogP contribution in [0.3, 0.4) is 0 Å². The zero-order valence-corrected chi connectivity index (χ0v) is 11.8. The number of halogens is 3. The van der Waals surface area contributed by atoms with Gasteiger partial charge in [0.15, 0.2) is 0 Å². The van der Waals surface area contributed by atoms with Crippen LogP contribution in [0.5, 0.6) is 5.75 Å². The molecule has 0 heterocycles. The van der Waals surface area contributed by atoms with Crippen LogP contribution in [0, 0.1) is 0 Å². The Balaban J connectivity index is 1.97. The summed E-state index contributed by atoms with van der Waals surface area (Å²) in [5.41, 5.74) is 6.67. The van der Waals surface area contributed by atoms with Crippen LogP contribution in [0.4, 0.5) is 13.2 Å². The summed E-state index contributed by atoms with van der Waals surface area (Å²) in [6, 6.07) is 6.33. The van der Waals surface area contributed by atoms with Crippen molar-refractivity contribution in [3.63, 3.8) is 0 Å². The maximum Gasteiger partial charge on any atom is 0.573 e. The van der Waals surface area contributed by atoms with E-state index in [4.69, 9.17) is 5.73 Å². The first-order valence-electron chi connectivity index (χ1n) is 7.30. The Labute approximate surface area is 122 Å². The van der Waals surface area contributed by atoms with Gasteiger partial charge in [-0.25, -0.2) is 0 Å². The highest BCUT2D eigenvalue weighted by atomic mass is 19.4. The highest BCUT2D eigenvalue weighted by molar-refractivity contribution is 5.29. The molecule has 118 valence electrons. The van der Waals surface area contributed by atoms with Crippen LogP contribution in [0.15, 0.2) is 24.3 Å². The number of hydrogen-bond donors (Lipinski definition) is 2. The molecule has 0 radical (unpaired) electrons. The van der Waals surface area contributed by atoms with Crippen molar-refractivity contribution in [3.8, 4) is 5.75 Å². The Hall–Kier alpha value is -1.27. The van der Waals surface area contributed by atoms with Gasteiger partial charge < -0.3 is 15.8 Å². The van der Waals surface area contributed by atoms with E-state index in [1.165, 1.54) is 31.4 Å². The summed E-state index contributed by atoms with van der Waals surface area (Å²) >= 11 is 0. The molecule has 3 N–H and O–H groups in total. The van der Waals surface area contributed by atoms with Crippen LogP contribution in [-0.4, -0.2) is 18.9 Å². The molecule has 1 saturated carbocycles. The largest absolute Gasteiger partial charge is 0.573 e. The van der Waals surface area contributed by atoms with Crippen LogP contribution in [-0.2, 0) is 0 Å². The van der Waals surface area contributed by atoms with E-state index in [-0.39, 0.29) is 11.8 Å². The summed E-state index contributed by atoms with van der Waals surface area (Å²) < 4.78 is 40.2. The van der Waals surface area contributed by atoms with E-state index in [1.54, 1.807) is 12.1 Å². The van der Waals surface area contributed by atoms with E-state index in [0.29, 0.717) is 12.6 Å². The van der Waals surface area contributed by atoms with Crippen LogP contribution in [0.1, 0.15) is 43.7 Å². The Bertz CT molecular complexity index is 428. The monoisotopic (exact) mass is 302 g/mol. The van der Waals surface area contributed by atoms with Crippen LogP contribution in [0.25, 0.3) is 0 Å². The van der Waals surface area contributed by atoms with E-state index in [1.807, 2.05) is 0 Å². The fourth-order valence-electron chi connectivity index (χ4n) is 2.76. The van der Waals surface area contributed by atoms with Crippen molar-refractivity contribution >= 4 is 0 Å². The molecule has 1 aliphatic rings. The van der Waals surface area contributed by atoms with E-state index in [0.717, 1.165) is 18.4 Å². The lowest BCUT2D eigenvalue weighted by Crippen LogP contribution is -2.37. The first-order valence-corrected chi connectivity index (χ1v) is 7.30. The third-order valence-corrected chi connectivity index (χ3v) is 3.79. The third-order valence-electron chi connectivity index (χ3n) is 3.79. The topological polar surface area (TPSA) is 47.3 Å². The minimum Gasteiger partial charge on any atom is -0.406 e. The Morgan fingerprint density at radius 3 is 2.29 bits per heavy atom. The van der Waals surface area contributed by atoms with Crippen molar-refractivity contribution in [1.29, 1.82) is 0 Å². The van der Waals surface area contributed by atoms with Crippen molar-refractivity contribution in [2.45, 2.75) is 50.6 Å². The molecule has 0 spiro atoms. The van der Waals surface area contributed by atoms with E-state index < -0.39 is 6.36 Å². The number of rotatable bonds is 5. The Morgan fingerprint density at radius 2 is 1.76 bits per heavy atom. The highest BCUT2D eigenvalue weighted by Crippen LogP contribution is 2.25. The molecule has 1 unspecified atom stereocenters. The molecule has 0 saturated heterocycles. The maximum atomic E-state index is 12.1. The summed E-state index contributed by atoms with van der Waals surface area (Å²) in [7, 11) is 0. The van der Waals surface area contributed by atoms with Crippen molar-refractivity contribution < 1.29 is 17.9 Å². The number of nitrogens with two attached hydrogens (primary N) is 1. The van der Waals surface area contributed by atoms with E-state index in [9.17, 15) is 13.2 Å². The Kier molecular flexibility index (Phi) is 5.47. The molecule has 0 bridgehead atoms. The van der Waals surface area contributed by atoms with Crippen LogP contribution >= 0.6 is 0 Å². The molecule has 0 amide bonds. The van der Waals surface area contributed by atoms with Gasteiger partial charge in [-0.15, -0.1) is 13.2 Å². The smallest absolute Gasteiger partial charge is 0.406 e.